The van der Waals surface area contributed by atoms with Crippen molar-refractivity contribution in [3.8, 4) is 11.5 Å². The second-order valence-corrected chi connectivity index (χ2v) is 5.69. The molecule has 3 heteroatoms. The van der Waals surface area contributed by atoms with Gasteiger partial charge in [-0.15, -0.1) is 0 Å². The Kier molecular flexibility index (Phi) is 5.21. The van der Waals surface area contributed by atoms with Crippen molar-refractivity contribution in [2.45, 2.75) is 27.3 Å². The Bertz CT molecular complexity index is 572. The lowest BCUT2D eigenvalue weighted by Gasteiger charge is -2.11. The molecule has 0 aliphatic heterocycles. The van der Waals surface area contributed by atoms with E-state index in [9.17, 15) is 0 Å². The smallest absolute Gasteiger partial charge is 0.128 e. The standard InChI is InChI=1S/C17H20BrNO/c1-4-19-11-14-6-5-7-15(10-14)20-16-8-12(2)17(18)13(3)9-16/h5-10,19H,4,11H2,1-3H3. The van der Waals surface area contributed by atoms with E-state index in [2.05, 4.69) is 54.2 Å². The molecule has 2 aromatic carbocycles. The fourth-order valence-electron chi connectivity index (χ4n) is 2.09. The highest BCUT2D eigenvalue weighted by Crippen LogP contribution is 2.29. The lowest BCUT2D eigenvalue weighted by atomic mass is 10.1. The van der Waals surface area contributed by atoms with Gasteiger partial charge in [0.15, 0.2) is 0 Å². The van der Waals surface area contributed by atoms with Gasteiger partial charge in [-0.2, -0.15) is 0 Å². The summed E-state index contributed by atoms with van der Waals surface area (Å²) in [6, 6.07) is 12.3. The average molecular weight is 334 g/mol. The quantitative estimate of drug-likeness (QED) is 0.834. The molecular formula is C17H20BrNO. The van der Waals surface area contributed by atoms with E-state index in [0.29, 0.717) is 0 Å². The molecule has 0 spiro atoms. The van der Waals surface area contributed by atoms with E-state index in [0.717, 1.165) is 29.1 Å². The van der Waals surface area contributed by atoms with Gasteiger partial charge in [0, 0.05) is 11.0 Å². The van der Waals surface area contributed by atoms with E-state index in [-0.39, 0.29) is 0 Å². The molecule has 20 heavy (non-hydrogen) atoms. The number of halogens is 1. The van der Waals surface area contributed by atoms with Crippen molar-refractivity contribution in [2.24, 2.45) is 0 Å². The molecule has 0 aliphatic carbocycles. The van der Waals surface area contributed by atoms with Crippen molar-refractivity contribution in [1.29, 1.82) is 0 Å². The summed E-state index contributed by atoms with van der Waals surface area (Å²) >= 11 is 3.57. The minimum atomic E-state index is 0.867. The molecule has 106 valence electrons. The van der Waals surface area contributed by atoms with Crippen LogP contribution in [0.3, 0.4) is 0 Å². The van der Waals surface area contributed by atoms with E-state index in [1.807, 2.05) is 24.3 Å². The molecule has 2 aromatic rings. The van der Waals surface area contributed by atoms with Crippen LogP contribution in [0.25, 0.3) is 0 Å². The predicted octanol–water partition coefficient (Wildman–Crippen LogP) is 4.97. The molecule has 0 amide bonds. The zero-order valence-electron chi connectivity index (χ0n) is 12.2. The molecule has 0 saturated heterocycles. The summed E-state index contributed by atoms with van der Waals surface area (Å²) in [7, 11) is 0. The molecule has 0 saturated carbocycles. The highest BCUT2D eigenvalue weighted by atomic mass is 79.9. The van der Waals surface area contributed by atoms with Gasteiger partial charge in [-0.3, -0.25) is 0 Å². The highest BCUT2D eigenvalue weighted by Gasteiger charge is 2.05. The average Bonchev–Trinajstić information content (AvgIpc) is 2.43. The van der Waals surface area contributed by atoms with Crippen LogP contribution in [-0.4, -0.2) is 6.54 Å². The molecule has 0 bridgehead atoms. The van der Waals surface area contributed by atoms with E-state index >= 15 is 0 Å². The fraction of sp³-hybridized carbons (Fsp3) is 0.294. The minimum Gasteiger partial charge on any atom is -0.457 e. The van der Waals surface area contributed by atoms with Crippen LogP contribution in [0.5, 0.6) is 11.5 Å². The van der Waals surface area contributed by atoms with Gasteiger partial charge in [0.05, 0.1) is 0 Å². The normalized spacial score (nSPS) is 10.6. The summed E-state index contributed by atoms with van der Waals surface area (Å²) in [5, 5.41) is 3.32. The van der Waals surface area contributed by atoms with Gasteiger partial charge in [0.25, 0.3) is 0 Å². The monoisotopic (exact) mass is 333 g/mol. The zero-order chi connectivity index (χ0) is 14.5. The van der Waals surface area contributed by atoms with Crippen molar-refractivity contribution in [3.63, 3.8) is 0 Å². The molecule has 0 fully saturated rings. The number of nitrogens with one attached hydrogen (secondary N) is 1. The highest BCUT2D eigenvalue weighted by molar-refractivity contribution is 9.10. The Morgan fingerprint density at radius 2 is 1.75 bits per heavy atom. The van der Waals surface area contributed by atoms with Crippen LogP contribution in [-0.2, 0) is 6.54 Å². The first-order valence-corrected chi connectivity index (χ1v) is 7.63. The van der Waals surface area contributed by atoms with Crippen LogP contribution < -0.4 is 10.1 Å². The molecule has 0 aliphatic rings. The van der Waals surface area contributed by atoms with Gasteiger partial charge in [0.2, 0.25) is 0 Å². The lowest BCUT2D eigenvalue weighted by molar-refractivity contribution is 0.480. The fourth-order valence-corrected chi connectivity index (χ4v) is 2.32. The Balaban J connectivity index is 2.17. The maximum Gasteiger partial charge on any atom is 0.128 e. The summed E-state index contributed by atoms with van der Waals surface area (Å²) in [5.74, 6) is 1.75. The Morgan fingerprint density at radius 3 is 2.40 bits per heavy atom. The summed E-state index contributed by atoms with van der Waals surface area (Å²) < 4.78 is 7.11. The van der Waals surface area contributed by atoms with Crippen LogP contribution in [0.1, 0.15) is 23.6 Å². The SMILES string of the molecule is CCNCc1cccc(Oc2cc(C)c(Br)c(C)c2)c1. The predicted molar refractivity (Wildman–Crippen MR) is 87.5 cm³/mol. The van der Waals surface area contributed by atoms with E-state index in [1.165, 1.54) is 16.7 Å². The van der Waals surface area contributed by atoms with Crippen LogP contribution in [0.2, 0.25) is 0 Å². The molecule has 0 aromatic heterocycles. The van der Waals surface area contributed by atoms with E-state index in [4.69, 9.17) is 4.74 Å². The molecular weight excluding hydrogens is 314 g/mol. The summed E-state index contributed by atoms with van der Waals surface area (Å²) in [6.07, 6.45) is 0. The minimum absolute atomic E-state index is 0.867. The Labute approximate surface area is 129 Å². The lowest BCUT2D eigenvalue weighted by Crippen LogP contribution is -2.11. The van der Waals surface area contributed by atoms with Crippen molar-refractivity contribution in [1.82, 2.24) is 5.32 Å². The molecule has 0 radical (unpaired) electrons. The van der Waals surface area contributed by atoms with E-state index in [1.54, 1.807) is 0 Å². The first-order valence-electron chi connectivity index (χ1n) is 6.84. The van der Waals surface area contributed by atoms with Gasteiger partial charge in [-0.1, -0.05) is 35.0 Å². The van der Waals surface area contributed by atoms with Gasteiger partial charge in [-0.25, -0.2) is 0 Å². The van der Waals surface area contributed by atoms with E-state index < -0.39 is 0 Å². The van der Waals surface area contributed by atoms with Gasteiger partial charge >= 0.3 is 0 Å². The van der Waals surface area contributed by atoms with Gasteiger partial charge in [0.1, 0.15) is 11.5 Å². The summed E-state index contributed by atoms with van der Waals surface area (Å²) in [5.41, 5.74) is 3.60. The number of hydrogen-bond acceptors (Lipinski definition) is 2. The first-order chi connectivity index (χ1) is 9.60. The first kappa shape index (κ1) is 15.1. The number of hydrogen-bond donors (Lipinski definition) is 1. The van der Waals surface area contributed by atoms with Crippen molar-refractivity contribution in [2.75, 3.05) is 6.54 Å². The molecule has 1 N–H and O–H groups in total. The number of rotatable bonds is 5. The molecule has 0 unspecified atom stereocenters. The number of ether oxygens (including phenoxy) is 1. The van der Waals surface area contributed by atoms with Crippen LogP contribution >= 0.6 is 15.9 Å². The Hall–Kier alpha value is -1.32. The number of benzene rings is 2. The second-order valence-electron chi connectivity index (χ2n) is 4.90. The van der Waals surface area contributed by atoms with Crippen LogP contribution in [0.15, 0.2) is 40.9 Å². The van der Waals surface area contributed by atoms with Crippen molar-refractivity contribution >= 4 is 15.9 Å². The molecule has 2 rings (SSSR count). The van der Waals surface area contributed by atoms with Crippen LogP contribution in [0, 0.1) is 13.8 Å². The largest absolute Gasteiger partial charge is 0.457 e. The van der Waals surface area contributed by atoms with Crippen molar-refractivity contribution < 1.29 is 4.74 Å². The topological polar surface area (TPSA) is 21.3 Å². The maximum absolute atomic E-state index is 5.97. The summed E-state index contributed by atoms with van der Waals surface area (Å²) in [6.45, 7) is 8.09. The van der Waals surface area contributed by atoms with Gasteiger partial charge < -0.3 is 10.1 Å². The molecule has 0 atom stereocenters. The van der Waals surface area contributed by atoms with Crippen LogP contribution in [0.4, 0.5) is 0 Å². The van der Waals surface area contributed by atoms with Crippen molar-refractivity contribution in [3.05, 3.63) is 57.6 Å². The second kappa shape index (κ2) is 6.91. The Morgan fingerprint density at radius 1 is 1.05 bits per heavy atom. The third-order valence-corrected chi connectivity index (χ3v) is 4.37. The number of aryl methyl sites for hydroxylation is 2. The third-order valence-electron chi connectivity index (χ3n) is 3.12. The zero-order valence-corrected chi connectivity index (χ0v) is 13.8. The summed E-state index contributed by atoms with van der Waals surface area (Å²) in [4.78, 5) is 0. The van der Waals surface area contributed by atoms with Gasteiger partial charge in [-0.05, 0) is 61.3 Å². The molecule has 0 heterocycles. The third kappa shape index (κ3) is 3.84. The molecule has 2 nitrogen and oxygen atoms in total. The maximum atomic E-state index is 5.97.